The average molecular weight is 465 g/mol. The van der Waals surface area contributed by atoms with Gasteiger partial charge in [0.05, 0.1) is 49.8 Å². The molecule has 0 radical (unpaired) electrons. The minimum atomic E-state index is -1.16. The summed E-state index contributed by atoms with van der Waals surface area (Å²) in [7, 11) is 0. The van der Waals surface area contributed by atoms with Crippen molar-refractivity contribution in [2.75, 3.05) is 13.2 Å². The summed E-state index contributed by atoms with van der Waals surface area (Å²) in [4.78, 5) is 0. The van der Waals surface area contributed by atoms with Gasteiger partial charge in [0, 0.05) is 13.6 Å². The minimum absolute atomic E-state index is 0.000671. The molecule has 0 spiro atoms. The minimum Gasteiger partial charge on any atom is -0.378 e. The van der Waals surface area contributed by atoms with Gasteiger partial charge in [-0.25, -0.2) is 8.78 Å². The lowest BCUT2D eigenvalue weighted by molar-refractivity contribution is -0.0877. The van der Waals surface area contributed by atoms with E-state index in [0.29, 0.717) is 13.2 Å². The SMILES string of the molecule is [3H][C@@H]1[C@@H](F)[C@H](OC(C)C)[C@]2(COC(C)C)C[C@H]12.[3H][C@@H]1[C@H](F)[C@H](OC(C)C)[C@]2(COC(C)C)C[C@H]12. The maximum Gasteiger partial charge on any atom is 0.127 e. The monoisotopic (exact) mass is 464 g/mol. The highest BCUT2D eigenvalue weighted by Crippen LogP contribution is 2.66. The maximum atomic E-state index is 14.0. The van der Waals surface area contributed by atoms with Gasteiger partial charge >= 0.3 is 0 Å². The zero-order chi connectivity index (χ0) is 25.6. The van der Waals surface area contributed by atoms with Crippen LogP contribution in [0.4, 0.5) is 8.78 Å². The lowest BCUT2D eigenvalue weighted by Crippen LogP contribution is -2.36. The number of halogens is 2. The third kappa shape index (κ3) is 5.67. The first-order chi connectivity index (χ1) is 15.8. The fraction of sp³-hybridized carbons (Fsp3) is 1.00. The number of ether oxygens (including phenoxy) is 4. The van der Waals surface area contributed by atoms with Gasteiger partial charge in [-0.15, -0.1) is 0 Å². The molecule has 10 atom stereocenters. The maximum absolute atomic E-state index is 14.0. The molecule has 4 nitrogen and oxygen atoms in total. The molecule has 0 heterocycles. The van der Waals surface area contributed by atoms with Crippen LogP contribution < -0.4 is 0 Å². The molecule has 0 bridgehead atoms. The first-order valence-corrected chi connectivity index (χ1v) is 12.4. The van der Waals surface area contributed by atoms with Crippen LogP contribution in [0.25, 0.3) is 0 Å². The Morgan fingerprint density at radius 3 is 1.31 bits per heavy atom. The molecule has 188 valence electrons. The summed E-state index contributed by atoms with van der Waals surface area (Å²) < 4.78 is 66.5. The molecule has 0 aromatic carbocycles. The second kappa shape index (κ2) is 10.1. The van der Waals surface area contributed by atoms with Gasteiger partial charge in [0.25, 0.3) is 0 Å². The second-order valence-electron chi connectivity index (χ2n) is 11.3. The molecular weight excluding hydrogens is 414 g/mol. The Bertz CT molecular complexity index is 625. The lowest BCUT2D eigenvalue weighted by Gasteiger charge is -2.28. The first kappa shape index (κ1) is 23.4. The van der Waals surface area contributed by atoms with Crippen molar-refractivity contribution in [1.29, 1.82) is 0 Å². The van der Waals surface area contributed by atoms with Crippen LogP contribution in [0, 0.1) is 22.7 Å². The highest BCUT2D eigenvalue weighted by Gasteiger charge is 2.68. The molecule has 0 aliphatic heterocycles. The lowest BCUT2D eigenvalue weighted by atomic mass is 10.0. The zero-order valence-electron chi connectivity index (χ0n) is 23.1. The largest absolute Gasteiger partial charge is 0.378 e. The number of fused-ring (bicyclic) bond motifs is 2. The van der Waals surface area contributed by atoms with Crippen molar-refractivity contribution in [2.24, 2.45) is 22.7 Å². The number of alkyl halides is 2. The molecule has 4 aliphatic rings. The number of hydrogen-bond donors (Lipinski definition) is 0. The Morgan fingerprint density at radius 1 is 0.688 bits per heavy atom. The van der Waals surface area contributed by atoms with Gasteiger partial charge in [-0.2, -0.15) is 0 Å². The highest BCUT2D eigenvalue weighted by atomic mass is 19.1. The predicted octanol–water partition coefficient (Wildman–Crippen LogP) is 5.91. The smallest absolute Gasteiger partial charge is 0.127 e. The highest BCUT2D eigenvalue weighted by molar-refractivity contribution is 5.17. The van der Waals surface area contributed by atoms with Crippen molar-refractivity contribution < 1.29 is 30.5 Å². The van der Waals surface area contributed by atoms with E-state index in [4.69, 9.17) is 21.7 Å². The van der Waals surface area contributed by atoms with Gasteiger partial charge in [-0.05, 0) is 92.9 Å². The molecule has 4 fully saturated rings. The normalized spacial score (nSPS) is 47.3. The third-order valence-electron chi connectivity index (χ3n) is 7.11. The molecule has 0 unspecified atom stereocenters. The molecule has 0 aromatic heterocycles. The van der Waals surface area contributed by atoms with Crippen LogP contribution in [-0.4, -0.2) is 62.2 Å². The molecule has 4 aliphatic carbocycles. The van der Waals surface area contributed by atoms with Crippen molar-refractivity contribution in [3.8, 4) is 0 Å². The zero-order valence-corrected chi connectivity index (χ0v) is 21.1. The van der Waals surface area contributed by atoms with E-state index in [1.54, 1.807) is 0 Å². The standard InChI is InChI=1S/2C13H23FO2/c2*1-8(2)15-7-13-6-10(13)5-11(14)12(13)16-9(3)4/h2*8-12H,5-7H2,1-4H3/t10-,11+,12-,13-;10-,11-,12-,13-/m00/s1/i2*5T/t5-,10-,11+,12-,13-;5-,10-,11-,12-,13-. The van der Waals surface area contributed by atoms with Crippen LogP contribution in [0.2, 0.25) is 0 Å². The fourth-order valence-electron chi connectivity index (χ4n) is 5.30. The number of hydrogen-bond acceptors (Lipinski definition) is 4. The van der Waals surface area contributed by atoms with Gasteiger partial charge < -0.3 is 18.9 Å². The molecular formula is C26H46F2O4. The number of rotatable bonds is 10. The van der Waals surface area contributed by atoms with E-state index >= 15 is 0 Å². The van der Waals surface area contributed by atoms with E-state index in [1.807, 2.05) is 55.4 Å². The summed E-state index contributed by atoms with van der Waals surface area (Å²) in [5.74, 6) is 0.250. The Kier molecular flexibility index (Phi) is 7.42. The molecule has 0 saturated heterocycles. The van der Waals surface area contributed by atoms with Crippen molar-refractivity contribution in [1.82, 2.24) is 0 Å². The van der Waals surface area contributed by atoms with Gasteiger partial charge in [0.2, 0.25) is 0 Å². The summed E-state index contributed by atoms with van der Waals surface area (Å²) in [6.45, 7) is 16.6. The van der Waals surface area contributed by atoms with Crippen molar-refractivity contribution >= 4 is 0 Å². The molecule has 0 aromatic rings. The van der Waals surface area contributed by atoms with Crippen LogP contribution in [0.3, 0.4) is 0 Å². The molecule has 6 heteroatoms. The van der Waals surface area contributed by atoms with E-state index in [0.717, 1.165) is 12.8 Å². The molecule has 32 heavy (non-hydrogen) atoms. The van der Waals surface area contributed by atoms with E-state index in [1.165, 1.54) is 0 Å². The summed E-state index contributed by atoms with van der Waals surface area (Å²) in [5, 5.41) is 0. The van der Waals surface area contributed by atoms with Crippen molar-refractivity contribution in [3.63, 3.8) is 0 Å². The quantitative estimate of drug-likeness (QED) is 0.403. The van der Waals surface area contributed by atoms with E-state index in [2.05, 4.69) is 0 Å². The average Bonchev–Trinajstić information content (AvgIpc) is 3.62. The Morgan fingerprint density at radius 2 is 1.03 bits per heavy atom. The Hall–Kier alpha value is -0.300. The summed E-state index contributed by atoms with van der Waals surface area (Å²) in [5.41, 5.74) is -0.444. The Labute approximate surface area is 196 Å². The van der Waals surface area contributed by atoms with E-state index in [9.17, 15) is 8.78 Å². The molecule has 4 rings (SSSR count). The molecule has 4 saturated carbocycles. The predicted molar refractivity (Wildman–Crippen MR) is 122 cm³/mol. The van der Waals surface area contributed by atoms with Crippen LogP contribution in [0.1, 0.15) is 83.8 Å². The molecule has 0 N–H and O–H groups in total. The summed E-state index contributed by atoms with van der Waals surface area (Å²) >= 11 is 0. The van der Waals surface area contributed by atoms with Crippen molar-refractivity contribution in [2.45, 2.75) is 130 Å². The van der Waals surface area contributed by atoms with Crippen LogP contribution in [0.5, 0.6) is 0 Å². The van der Waals surface area contributed by atoms with Gasteiger partial charge in [-0.1, -0.05) is 0 Å². The van der Waals surface area contributed by atoms with Crippen LogP contribution >= 0.6 is 0 Å². The van der Waals surface area contributed by atoms with E-state index < -0.39 is 37.3 Å². The summed E-state index contributed by atoms with van der Waals surface area (Å²) in [6, 6.07) is 0. The molecule has 0 amide bonds. The van der Waals surface area contributed by atoms with Gasteiger partial charge in [0.1, 0.15) is 12.3 Å². The van der Waals surface area contributed by atoms with Crippen LogP contribution in [0.15, 0.2) is 0 Å². The van der Waals surface area contributed by atoms with Crippen LogP contribution in [-0.2, 0) is 18.9 Å². The fourth-order valence-corrected chi connectivity index (χ4v) is 5.30. The van der Waals surface area contributed by atoms with Gasteiger partial charge in [-0.3, -0.25) is 0 Å². The topological polar surface area (TPSA) is 36.9 Å². The van der Waals surface area contributed by atoms with Crippen molar-refractivity contribution in [3.05, 3.63) is 0 Å². The third-order valence-corrected chi connectivity index (χ3v) is 7.11. The second-order valence-corrected chi connectivity index (χ2v) is 11.3. The Balaban J connectivity index is 0.000000191. The van der Waals surface area contributed by atoms with E-state index in [-0.39, 0.29) is 47.1 Å². The summed E-state index contributed by atoms with van der Waals surface area (Å²) in [6.07, 6.45) is -2.43. The van der Waals surface area contributed by atoms with Gasteiger partial charge in [0.15, 0.2) is 0 Å². The first-order valence-electron chi connectivity index (χ1n) is 13.6.